The molecule has 2 aliphatic rings. The molecule has 0 unspecified atom stereocenters. The Balaban J connectivity index is 1.45. The van der Waals surface area contributed by atoms with E-state index in [1.54, 1.807) is 4.90 Å². The lowest BCUT2D eigenvalue weighted by Gasteiger charge is -2.39. The smallest absolute Gasteiger partial charge is 0.256 e. The normalized spacial score (nSPS) is 17.4. The molecule has 3 amide bonds. The number of hydrogen-bond donors (Lipinski definition) is 1. The molecule has 1 fully saturated rings. The third-order valence-corrected chi connectivity index (χ3v) is 8.13. The molecule has 1 atom stereocenters. The van der Waals surface area contributed by atoms with Crippen molar-refractivity contribution < 1.29 is 14.4 Å². The van der Waals surface area contributed by atoms with Crippen molar-refractivity contribution in [1.29, 1.82) is 0 Å². The van der Waals surface area contributed by atoms with Crippen molar-refractivity contribution in [2.75, 3.05) is 19.6 Å². The number of benzene rings is 2. The van der Waals surface area contributed by atoms with Crippen molar-refractivity contribution in [3.8, 4) is 0 Å². The summed E-state index contributed by atoms with van der Waals surface area (Å²) in [7, 11) is 0. The van der Waals surface area contributed by atoms with Gasteiger partial charge in [-0.05, 0) is 62.1 Å². The lowest BCUT2D eigenvalue weighted by molar-refractivity contribution is -0.133. The van der Waals surface area contributed by atoms with Crippen LogP contribution < -0.4 is 5.32 Å². The van der Waals surface area contributed by atoms with Gasteiger partial charge in [0.2, 0.25) is 11.8 Å². The summed E-state index contributed by atoms with van der Waals surface area (Å²) in [5.74, 6) is -0.285. The van der Waals surface area contributed by atoms with Gasteiger partial charge in [0.1, 0.15) is 6.54 Å². The third-order valence-electron chi connectivity index (χ3n) is 7.68. The molecule has 1 N–H and O–H groups in total. The molecule has 192 valence electrons. The van der Waals surface area contributed by atoms with E-state index in [-0.39, 0.29) is 36.3 Å². The average Bonchev–Trinajstić information content (AvgIpc) is 3.11. The van der Waals surface area contributed by atoms with Crippen LogP contribution in [0.3, 0.4) is 0 Å². The van der Waals surface area contributed by atoms with Crippen LogP contribution in [0.25, 0.3) is 10.9 Å². The zero-order valence-corrected chi connectivity index (χ0v) is 23.0. The Morgan fingerprint density at radius 3 is 2.62 bits per heavy atom. The summed E-state index contributed by atoms with van der Waals surface area (Å²) in [5, 5.41) is 3.87. The van der Waals surface area contributed by atoms with E-state index in [0.717, 1.165) is 33.1 Å². The first-order valence-electron chi connectivity index (χ1n) is 12.6. The fourth-order valence-corrected chi connectivity index (χ4v) is 6.31. The summed E-state index contributed by atoms with van der Waals surface area (Å²) >= 11 is 3.60. The number of amides is 3. The molecule has 7 nitrogen and oxygen atoms in total. The topological polar surface area (TPSA) is 74.6 Å². The number of hydrogen-bond acceptors (Lipinski definition) is 3. The van der Waals surface area contributed by atoms with E-state index >= 15 is 0 Å². The van der Waals surface area contributed by atoms with Crippen molar-refractivity contribution >= 4 is 44.6 Å². The van der Waals surface area contributed by atoms with Crippen molar-refractivity contribution in [1.82, 2.24) is 19.7 Å². The predicted molar refractivity (Wildman–Crippen MR) is 147 cm³/mol. The standard InChI is InChI=1S/C29H31BrN4O3/c1-5-26(36)32-14-22(15-32)31-25(35)16-34-19(4)27(24-13-21(30)12-17(2)28(24)34)29(37)33-11-10-20-8-6-7-9-23(20)18(33)3/h5-9,12-13,18,22H,1,10-11,14-16H2,2-4H3,(H,31,35)/t18-/m0/s1. The number of carbonyl (C=O) groups is 3. The molecule has 1 aromatic heterocycles. The van der Waals surface area contributed by atoms with Crippen molar-refractivity contribution in [3.63, 3.8) is 0 Å². The molecular weight excluding hydrogens is 532 g/mol. The van der Waals surface area contributed by atoms with E-state index in [1.165, 1.54) is 17.2 Å². The minimum atomic E-state index is -0.141. The number of aryl methyl sites for hydroxylation is 1. The Morgan fingerprint density at radius 2 is 1.89 bits per heavy atom. The molecule has 0 radical (unpaired) electrons. The average molecular weight is 563 g/mol. The highest BCUT2D eigenvalue weighted by atomic mass is 79.9. The SMILES string of the molecule is C=CC(=O)N1CC(NC(=O)Cn2c(C)c(C(=O)N3CCc4ccccc4[C@@H]3C)c3cc(Br)cc(C)c32)C1. The second-order valence-corrected chi connectivity index (χ2v) is 10.9. The number of carbonyl (C=O) groups excluding carboxylic acids is 3. The van der Waals surface area contributed by atoms with Crippen LogP contribution in [0.4, 0.5) is 0 Å². The van der Waals surface area contributed by atoms with Crippen molar-refractivity contribution in [2.45, 2.75) is 45.8 Å². The van der Waals surface area contributed by atoms with Gasteiger partial charge in [-0.1, -0.05) is 46.8 Å². The van der Waals surface area contributed by atoms with Crippen molar-refractivity contribution in [2.24, 2.45) is 0 Å². The van der Waals surface area contributed by atoms with Gasteiger partial charge in [-0.25, -0.2) is 0 Å². The fourth-order valence-electron chi connectivity index (χ4n) is 5.74. The fraction of sp³-hybridized carbons (Fsp3) is 0.345. The Hall–Kier alpha value is -3.39. The summed E-state index contributed by atoms with van der Waals surface area (Å²) in [6.07, 6.45) is 2.11. The molecule has 0 aliphatic carbocycles. The van der Waals surface area contributed by atoms with E-state index in [9.17, 15) is 14.4 Å². The van der Waals surface area contributed by atoms with Gasteiger partial charge in [0.15, 0.2) is 0 Å². The van der Waals surface area contributed by atoms with Crippen LogP contribution in [0.5, 0.6) is 0 Å². The molecule has 1 saturated heterocycles. The molecule has 37 heavy (non-hydrogen) atoms. The Labute approximate surface area is 225 Å². The Morgan fingerprint density at radius 1 is 1.16 bits per heavy atom. The summed E-state index contributed by atoms with van der Waals surface area (Å²) in [5.41, 5.74) is 5.77. The Kier molecular flexibility index (Phi) is 6.70. The van der Waals surface area contributed by atoms with E-state index in [2.05, 4.69) is 46.9 Å². The second-order valence-electron chi connectivity index (χ2n) is 10.0. The van der Waals surface area contributed by atoms with Gasteiger partial charge >= 0.3 is 0 Å². The van der Waals surface area contributed by atoms with Crippen molar-refractivity contribution in [3.05, 3.63) is 81.5 Å². The number of rotatable bonds is 5. The lowest BCUT2D eigenvalue weighted by atomic mass is 9.93. The second kappa shape index (κ2) is 9.82. The van der Waals surface area contributed by atoms with Crippen LogP contribution in [0, 0.1) is 13.8 Å². The molecule has 3 heterocycles. The largest absolute Gasteiger partial charge is 0.348 e. The maximum atomic E-state index is 14.1. The minimum absolute atomic E-state index is 0.0151. The monoisotopic (exact) mass is 562 g/mol. The molecule has 0 spiro atoms. The maximum absolute atomic E-state index is 14.1. The summed E-state index contributed by atoms with van der Waals surface area (Å²) in [6.45, 7) is 11.2. The maximum Gasteiger partial charge on any atom is 0.256 e. The number of fused-ring (bicyclic) bond motifs is 2. The van der Waals surface area contributed by atoms with Crippen LogP contribution in [0.2, 0.25) is 0 Å². The molecular formula is C29H31BrN4O3. The number of nitrogens with zero attached hydrogens (tertiary/aromatic N) is 3. The van der Waals surface area contributed by atoms with Gasteiger partial charge in [-0.3, -0.25) is 14.4 Å². The Bertz CT molecular complexity index is 1440. The van der Waals surface area contributed by atoms with E-state index in [4.69, 9.17) is 0 Å². The molecule has 0 saturated carbocycles. The van der Waals surface area contributed by atoms with Gasteiger partial charge in [-0.2, -0.15) is 0 Å². The molecule has 0 bridgehead atoms. The lowest BCUT2D eigenvalue weighted by Crippen LogP contribution is -2.61. The zero-order valence-electron chi connectivity index (χ0n) is 21.4. The van der Waals surface area contributed by atoms with Crippen LogP contribution in [-0.2, 0) is 22.6 Å². The predicted octanol–water partition coefficient (Wildman–Crippen LogP) is 4.29. The van der Waals surface area contributed by atoms with Gasteiger partial charge in [-0.15, -0.1) is 0 Å². The molecule has 8 heteroatoms. The molecule has 3 aromatic rings. The van der Waals surface area contributed by atoms with Gasteiger partial charge in [0, 0.05) is 35.2 Å². The van der Waals surface area contributed by atoms with Gasteiger partial charge in [0.25, 0.3) is 5.91 Å². The molecule has 5 rings (SSSR count). The molecule has 2 aromatic carbocycles. The van der Waals surface area contributed by atoms with Gasteiger partial charge in [0.05, 0.1) is 23.2 Å². The van der Waals surface area contributed by atoms with E-state index in [0.29, 0.717) is 25.2 Å². The van der Waals surface area contributed by atoms with E-state index in [1.807, 2.05) is 47.6 Å². The van der Waals surface area contributed by atoms with Crippen LogP contribution in [0.1, 0.15) is 45.7 Å². The minimum Gasteiger partial charge on any atom is -0.348 e. The first-order valence-corrected chi connectivity index (χ1v) is 13.4. The highest BCUT2D eigenvalue weighted by Gasteiger charge is 2.33. The van der Waals surface area contributed by atoms with E-state index < -0.39 is 0 Å². The number of aromatic nitrogens is 1. The summed E-state index contributed by atoms with van der Waals surface area (Å²) in [6, 6.07) is 12.2. The number of halogens is 1. The molecule has 2 aliphatic heterocycles. The van der Waals surface area contributed by atoms with Crippen LogP contribution in [0.15, 0.2) is 53.5 Å². The van der Waals surface area contributed by atoms with Crippen LogP contribution in [-0.4, -0.2) is 57.8 Å². The summed E-state index contributed by atoms with van der Waals surface area (Å²) in [4.78, 5) is 42.4. The highest BCUT2D eigenvalue weighted by Crippen LogP contribution is 2.36. The number of likely N-dealkylation sites (tertiary alicyclic amines) is 1. The highest BCUT2D eigenvalue weighted by molar-refractivity contribution is 9.10. The first kappa shape index (κ1) is 25.3. The zero-order chi connectivity index (χ0) is 26.4. The van der Waals surface area contributed by atoms with Crippen LogP contribution >= 0.6 is 15.9 Å². The third kappa shape index (κ3) is 4.48. The first-order chi connectivity index (χ1) is 17.7. The number of nitrogens with one attached hydrogen (secondary N) is 1. The summed E-state index contributed by atoms with van der Waals surface area (Å²) < 4.78 is 2.85. The quantitative estimate of drug-likeness (QED) is 0.471. The van der Waals surface area contributed by atoms with Gasteiger partial charge < -0.3 is 19.7 Å².